The third-order valence-electron chi connectivity index (χ3n) is 3.28. The van der Waals surface area contributed by atoms with Crippen molar-refractivity contribution in [1.29, 1.82) is 0 Å². The number of rotatable bonds is 2. The molecule has 2 N–H and O–H groups in total. The molecule has 88 valence electrons. The van der Waals surface area contributed by atoms with Gasteiger partial charge in [-0.3, -0.25) is 4.90 Å². The first-order valence-electron chi connectivity index (χ1n) is 5.81. The van der Waals surface area contributed by atoms with E-state index < -0.39 is 0 Å². The smallest absolute Gasteiger partial charge is 0.111 e. The molecule has 0 fully saturated rings. The molecule has 1 aliphatic heterocycles. The standard InChI is InChI=1S/C13H15N3S/c14-13-12(7-15-17-13)9-16-6-5-10-3-1-2-4-11(10)8-16/h1-4,7H,5-6,8-9,14H2. The van der Waals surface area contributed by atoms with Gasteiger partial charge in [-0.25, -0.2) is 0 Å². The Balaban J connectivity index is 1.74. The fourth-order valence-corrected chi connectivity index (χ4v) is 2.85. The van der Waals surface area contributed by atoms with E-state index in [0.717, 1.165) is 36.6 Å². The van der Waals surface area contributed by atoms with Crippen molar-refractivity contribution in [1.82, 2.24) is 9.27 Å². The Morgan fingerprint density at radius 2 is 2.12 bits per heavy atom. The highest BCUT2D eigenvalue weighted by Gasteiger charge is 2.16. The normalized spacial score (nSPS) is 15.8. The second-order valence-electron chi connectivity index (χ2n) is 4.44. The van der Waals surface area contributed by atoms with Crippen molar-refractivity contribution in [2.24, 2.45) is 0 Å². The number of hydrogen-bond acceptors (Lipinski definition) is 4. The summed E-state index contributed by atoms with van der Waals surface area (Å²) < 4.78 is 4.12. The van der Waals surface area contributed by atoms with Gasteiger partial charge in [-0.1, -0.05) is 24.3 Å². The molecule has 0 spiro atoms. The SMILES string of the molecule is Nc1sncc1CN1CCc2ccccc2C1. The van der Waals surface area contributed by atoms with E-state index in [9.17, 15) is 0 Å². The molecular formula is C13H15N3S. The van der Waals surface area contributed by atoms with Crippen molar-refractivity contribution in [3.8, 4) is 0 Å². The first-order chi connectivity index (χ1) is 8.33. The molecule has 1 aromatic heterocycles. The minimum Gasteiger partial charge on any atom is -0.389 e. The lowest BCUT2D eigenvalue weighted by Crippen LogP contribution is -2.30. The van der Waals surface area contributed by atoms with E-state index in [-0.39, 0.29) is 0 Å². The average molecular weight is 245 g/mol. The molecule has 0 saturated heterocycles. The Bertz CT molecular complexity index is 521. The third kappa shape index (κ3) is 2.18. The first kappa shape index (κ1) is 10.7. The second-order valence-corrected chi connectivity index (χ2v) is 5.28. The predicted octanol–water partition coefficient (Wildman–Crippen LogP) is 2.28. The lowest BCUT2D eigenvalue weighted by atomic mass is 10.00. The number of nitrogens with zero attached hydrogens (tertiary/aromatic N) is 2. The van der Waals surface area contributed by atoms with Crippen LogP contribution in [0.5, 0.6) is 0 Å². The van der Waals surface area contributed by atoms with Crippen LogP contribution >= 0.6 is 11.5 Å². The summed E-state index contributed by atoms with van der Waals surface area (Å²) in [6.07, 6.45) is 3.02. The Hall–Kier alpha value is -1.39. The number of fused-ring (bicyclic) bond motifs is 1. The van der Waals surface area contributed by atoms with Gasteiger partial charge in [0, 0.05) is 31.4 Å². The van der Waals surface area contributed by atoms with Crippen molar-refractivity contribution in [2.45, 2.75) is 19.5 Å². The van der Waals surface area contributed by atoms with Crippen LogP contribution in [-0.4, -0.2) is 15.8 Å². The minimum atomic E-state index is 0.851. The Morgan fingerprint density at radius 1 is 1.29 bits per heavy atom. The topological polar surface area (TPSA) is 42.1 Å². The molecule has 3 rings (SSSR count). The van der Waals surface area contributed by atoms with Crippen LogP contribution in [0.15, 0.2) is 30.5 Å². The maximum atomic E-state index is 5.88. The molecule has 0 amide bonds. The molecule has 1 aromatic carbocycles. The summed E-state index contributed by atoms with van der Waals surface area (Å²) in [5.41, 5.74) is 9.97. The predicted molar refractivity (Wildman–Crippen MR) is 70.8 cm³/mol. The Morgan fingerprint density at radius 3 is 2.88 bits per heavy atom. The van der Waals surface area contributed by atoms with Crippen molar-refractivity contribution in [3.63, 3.8) is 0 Å². The van der Waals surface area contributed by atoms with Crippen molar-refractivity contribution in [3.05, 3.63) is 47.2 Å². The van der Waals surface area contributed by atoms with Gasteiger partial charge in [-0.2, -0.15) is 4.37 Å². The van der Waals surface area contributed by atoms with Crippen molar-refractivity contribution < 1.29 is 0 Å². The molecule has 4 heteroatoms. The Labute approximate surface area is 105 Å². The van der Waals surface area contributed by atoms with Gasteiger partial charge in [0.15, 0.2) is 0 Å². The summed E-state index contributed by atoms with van der Waals surface area (Å²) in [4.78, 5) is 2.43. The van der Waals surface area contributed by atoms with Crippen LogP contribution in [0.25, 0.3) is 0 Å². The molecule has 0 atom stereocenters. The molecule has 0 saturated carbocycles. The zero-order valence-corrected chi connectivity index (χ0v) is 10.4. The lowest BCUT2D eigenvalue weighted by molar-refractivity contribution is 0.246. The Kier molecular flexibility index (Phi) is 2.82. The molecule has 2 heterocycles. The van der Waals surface area contributed by atoms with Crippen LogP contribution in [-0.2, 0) is 19.5 Å². The molecule has 0 unspecified atom stereocenters. The molecule has 0 aliphatic carbocycles. The van der Waals surface area contributed by atoms with Crippen LogP contribution in [0.3, 0.4) is 0 Å². The fraction of sp³-hybridized carbons (Fsp3) is 0.308. The van der Waals surface area contributed by atoms with E-state index in [0.29, 0.717) is 0 Å². The van der Waals surface area contributed by atoms with Gasteiger partial charge < -0.3 is 5.73 Å². The lowest BCUT2D eigenvalue weighted by Gasteiger charge is -2.28. The first-order valence-corrected chi connectivity index (χ1v) is 6.58. The third-order valence-corrected chi connectivity index (χ3v) is 3.95. The van der Waals surface area contributed by atoms with Gasteiger partial charge in [-0.15, -0.1) is 0 Å². The number of benzene rings is 1. The van der Waals surface area contributed by atoms with E-state index in [2.05, 4.69) is 33.5 Å². The molecular weight excluding hydrogens is 230 g/mol. The highest BCUT2D eigenvalue weighted by atomic mass is 32.1. The van der Waals surface area contributed by atoms with Gasteiger partial charge in [0.25, 0.3) is 0 Å². The van der Waals surface area contributed by atoms with Gasteiger partial charge in [-0.05, 0) is 29.1 Å². The summed E-state index contributed by atoms with van der Waals surface area (Å²) >= 11 is 1.38. The average Bonchev–Trinajstić information content (AvgIpc) is 2.75. The number of aromatic nitrogens is 1. The van der Waals surface area contributed by atoms with Gasteiger partial charge in [0.1, 0.15) is 5.00 Å². The van der Waals surface area contributed by atoms with E-state index in [4.69, 9.17) is 5.73 Å². The van der Waals surface area contributed by atoms with E-state index >= 15 is 0 Å². The largest absolute Gasteiger partial charge is 0.389 e. The molecule has 0 bridgehead atoms. The molecule has 1 aliphatic rings. The van der Waals surface area contributed by atoms with Crippen molar-refractivity contribution in [2.75, 3.05) is 12.3 Å². The van der Waals surface area contributed by atoms with E-state index in [1.54, 1.807) is 0 Å². The molecule has 0 radical (unpaired) electrons. The van der Waals surface area contributed by atoms with Crippen LogP contribution in [0.4, 0.5) is 5.00 Å². The monoisotopic (exact) mass is 245 g/mol. The number of hydrogen-bond donors (Lipinski definition) is 1. The van der Waals surface area contributed by atoms with E-state index in [1.807, 2.05) is 6.20 Å². The summed E-state index contributed by atoms with van der Waals surface area (Å²) in [5, 5.41) is 0.851. The van der Waals surface area contributed by atoms with Crippen LogP contribution in [0, 0.1) is 0 Å². The quantitative estimate of drug-likeness (QED) is 0.882. The van der Waals surface area contributed by atoms with Gasteiger partial charge in [0.05, 0.1) is 0 Å². The summed E-state index contributed by atoms with van der Waals surface area (Å²) in [6, 6.07) is 8.68. The van der Waals surface area contributed by atoms with Gasteiger partial charge in [0.2, 0.25) is 0 Å². The van der Waals surface area contributed by atoms with Crippen LogP contribution in [0.1, 0.15) is 16.7 Å². The molecule has 3 nitrogen and oxygen atoms in total. The van der Waals surface area contributed by atoms with Crippen LogP contribution in [0.2, 0.25) is 0 Å². The van der Waals surface area contributed by atoms with Crippen LogP contribution < -0.4 is 5.73 Å². The summed E-state index contributed by atoms with van der Waals surface area (Å²) in [5.74, 6) is 0. The zero-order valence-electron chi connectivity index (χ0n) is 9.60. The fourth-order valence-electron chi connectivity index (χ4n) is 2.32. The highest BCUT2D eigenvalue weighted by molar-refractivity contribution is 7.10. The maximum Gasteiger partial charge on any atom is 0.111 e. The maximum absolute atomic E-state index is 5.88. The molecule has 17 heavy (non-hydrogen) atoms. The molecule has 2 aromatic rings. The zero-order chi connectivity index (χ0) is 11.7. The van der Waals surface area contributed by atoms with E-state index in [1.165, 1.54) is 22.7 Å². The second kappa shape index (κ2) is 4.47. The number of nitrogen functional groups attached to an aromatic ring is 1. The summed E-state index contributed by atoms with van der Waals surface area (Å²) in [6.45, 7) is 3.04. The van der Waals surface area contributed by atoms with Gasteiger partial charge >= 0.3 is 0 Å². The number of nitrogens with two attached hydrogens (primary N) is 1. The summed E-state index contributed by atoms with van der Waals surface area (Å²) in [7, 11) is 0. The van der Waals surface area contributed by atoms with Crippen molar-refractivity contribution >= 4 is 16.5 Å². The minimum absolute atomic E-state index is 0.851. The number of anilines is 1. The highest BCUT2D eigenvalue weighted by Crippen LogP contribution is 2.23.